The van der Waals surface area contributed by atoms with Crippen LogP contribution in [-0.2, 0) is 0 Å². The van der Waals surface area contributed by atoms with E-state index < -0.39 is 0 Å². The number of anilines is 1. The molecular formula is C33H22BrN3. The van der Waals surface area contributed by atoms with Crippen molar-refractivity contribution in [2.24, 2.45) is 0 Å². The first kappa shape index (κ1) is 21.8. The number of aromatic nitrogens is 2. The maximum Gasteiger partial charge on any atom is 0.0944 e. The highest BCUT2D eigenvalue weighted by Gasteiger charge is 2.14. The summed E-state index contributed by atoms with van der Waals surface area (Å²) in [7, 11) is 0. The average molecular weight is 540 g/mol. The first-order chi connectivity index (χ1) is 18.2. The van der Waals surface area contributed by atoms with E-state index in [-0.39, 0.29) is 0 Å². The van der Waals surface area contributed by atoms with Crippen LogP contribution in [0.2, 0.25) is 0 Å². The lowest BCUT2D eigenvalue weighted by Gasteiger charge is -2.13. The summed E-state index contributed by atoms with van der Waals surface area (Å²) in [6.07, 6.45) is 0. The van der Waals surface area contributed by atoms with Gasteiger partial charge < -0.3 is 10.3 Å². The number of benzene rings is 5. The highest BCUT2D eigenvalue weighted by molar-refractivity contribution is 9.10. The first-order valence-corrected chi connectivity index (χ1v) is 13.0. The van der Waals surface area contributed by atoms with Crippen LogP contribution in [0.15, 0.2) is 126 Å². The molecule has 37 heavy (non-hydrogen) atoms. The molecule has 0 saturated heterocycles. The minimum absolute atomic E-state index is 0.685. The highest BCUT2D eigenvalue weighted by atomic mass is 79.9. The highest BCUT2D eigenvalue weighted by Crippen LogP contribution is 2.36. The number of pyridine rings is 1. The lowest BCUT2D eigenvalue weighted by Crippen LogP contribution is -1.96. The lowest BCUT2D eigenvalue weighted by atomic mass is 9.98. The number of rotatable bonds is 3. The number of nitrogen functional groups attached to an aromatic ring is 1. The summed E-state index contributed by atoms with van der Waals surface area (Å²) in [4.78, 5) is 5.00. The van der Waals surface area contributed by atoms with Gasteiger partial charge in [0, 0.05) is 31.9 Å². The van der Waals surface area contributed by atoms with Crippen LogP contribution in [0.5, 0.6) is 0 Å². The first-order valence-electron chi connectivity index (χ1n) is 12.2. The van der Waals surface area contributed by atoms with Crippen molar-refractivity contribution in [2.75, 3.05) is 5.73 Å². The Morgan fingerprint density at radius 2 is 1.32 bits per heavy atom. The van der Waals surface area contributed by atoms with Gasteiger partial charge in [-0.25, -0.2) is 4.98 Å². The zero-order chi connectivity index (χ0) is 24.9. The van der Waals surface area contributed by atoms with E-state index in [4.69, 9.17) is 10.7 Å². The van der Waals surface area contributed by atoms with Crippen molar-refractivity contribution in [2.45, 2.75) is 0 Å². The zero-order valence-electron chi connectivity index (χ0n) is 19.9. The molecule has 0 bridgehead atoms. The van der Waals surface area contributed by atoms with E-state index in [1.165, 1.54) is 21.8 Å². The molecule has 0 aliphatic heterocycles. The SMILES string of the molecule is Nc1cccc2c(-c3ccccc3)cc(-c3ccc(-n4c5ccccc5c5cc(Br)ccc54)cc3)nc12. The summed E-state index contributed by atoms with van der Waals surface area (Å²) < 4.78 is 3.40. The molecular weight excluding hydrogens is 518 g/mol. The minimum atomic E-state index is 0.685. The monoisotopic (exact) mass is 539 g/mol. The van der Waals surface area contributed by atoms with E-state index >= 15 is 0 Å². The third kappa shape index (κ3) is 3.61. The molecule has 7 aromatic rings. The Morgan fingerprint density at radius 3 is 2.16 bits per heavy atom. The van der Waals surface area contributed by atoms with Gasteiger partial charge in [0.1, 0.15) is 0 Å². The summed E-state index contributed by atoms with van der Waals surface area (Å²) >= 11 is 3.64. The topological polar surface area (TPSA) is 43.8 Å². The molecule has 7 rings (SSSR count). The molecule has 0 radical (unpaired) electrons. The van der Waals surface area contributed by atoms with E-state index in [0.717, 1.165) is 43.4 Å². The van der Waals surface area contributed by atoms with E-state index in [1.54, 1.807) is 0 Å². The molecule has 5 aromatic carbocycles. The zero-order valence-corrected chi connectivity index (χ0v) is 21.5. The van der Waals surface area contributed by atoms with E-state index in [2.05, 4.69) is 124 Å². The molecule has 2 N–H and O–H groups in total. The van der Waals surface area contributed by atoms with Gasteiger partial charge >= 0.3 is 0 Å². The summed E-state index contributed by atoms with van der Waals surface area (Å²) in [6.45, 7) is 0. The van der Waals surface area contributed by atoms with Crippen LogP contribution in [0, 0.1) is 0 Å². The summed E-state index contributed by atoms with van der Waals surface area (Å²) in [6, 6.07) is 42.2. The molecule has 3 nitrogen and oxygen atoms in total. The molecule has 176 valence electrons. The maximum absolute atomic E-state index is 6.39. The maximum atomic E-state index is 6.39. The second-order valence-corrected chi connectivity index (χ2v) is 10.1. The number of nitrogens with zero attached hydrogens (tertiary/aromatic N) is 2. The molecule has 0 spiro atoms. The molecule has 0 amide bonds. The third-order valence-electron chi connectivity index (χ3n) is 7.01. The van der Waals surface area contributed by atoms with Crippen molar-refractivity contribution >= 4 is 54.3 Å². The van der Waals surface area contributed by atoms with E-state index in [1.807, 2.05) is 18.2 Å². The number of para-hydroxylation sites is 2. The quantitative estimate of drug-likeness (QED) is 0.227. The van der Waals surface area contributed by atoms with Crippen LogP contribution in [0.1, 0.15) is 0 Å². The number of hydrogen-bond acceptors (Lipinski definition) is 2. The second kappa shape index (κ2) is 8.61. The van der Waals surface area contributed by atoms with Crippen molar-refractivity contribution < 1.29 is 0 Å². The molecule has 0 aliphatic carbocycles. The van der Waals surface area contributed by atoms with Gasteiger partial charge in [0.25, 0.3) is 0 Å². The van der Waals surface area contributed by atoms with Crippen molar-refractivity contribution in [1.82, 2.24) is 9.55 Å². The summed E-state index contributed by atoms with van der Waals surface area (Å²) in [5.41, 5.74) is 15.6. The number of halogens is 1. The summed E-state index contributed by atoms with van der Waals surface area (Å²) in [5, 5.41) is 3.53. The smallest absolute Gasteiger partial charge is 0.0944 e. The normalized spacial score (nSPS) is 11.5. The predicted octanol–water partition coefficient (Wildman–Crippen LogP) is 9.01. The van der Waals surface area contributed by atoms with Crippen LogP contribution in [0.25, 0.3) is 60.8 Å². The Bertz CT molecular complexity index is 1940. The standard InChI is InChI=1S/C33H22BrN3/c34-23-15-18-32-28(19-23)25-9-4-5-12-31(25)37(32)24-16-13-22(14-17-24)30-20-27(21-7-2-1-3-8-21)26-10-6-11-29(35)33(26)36-30/h1-20H,35H2. The van der Waals surface area contributed by atoms with Gasteiger partial charge in [-0.15, -0.1) is 0 Å². The van der Waals surface area contributed by atoms with E-state index in [9.17, 15) is 0 Å². The largest absolute Gasteiger partial charge is 0.397 e. The van der Waals surface area contributed by atoms with Crippen LogP contribution in [0.4, 0.5) is 5.69 Å². The van der Waals surface area contributed by atoms with E-state index in [0.29, 0.717) is 5.69 Å². The van der Waals surface area contributed by atoms with Gasteiger partial charge in [0.15, 0.2) is 0 Å². The second-order valence-electron chi connectivity index (χ2n) is 9.23. The van der Waals surface area contributed by atoms with Crippen molar-refractivity contribution in [3.63, 3.8) is 0 Å². The Morgan fingerprint density at radius 1 is 0.595 bits per heavy atom. The predicted molar refractivity (Wildman–Crippen MR) is 159 cm³/mol. The third-order valence-corrected chi connectivity index (χ3v) is 7.50. The fourth-order valence-electron chi connectivity index (χ4n) is 5.28. The Hall–Kier alpha value is -4.41. The molecule has 2 aromatic heterocycles. The Balaban J connectivity index is 1.40. The van der Waals surface area contributed by atoms with Crippen LogP contribution >= 0.6 is 15.9 Å². The van der Waals surface area contributed by atoms with Gasteiger partial charge in [-0.2, -0.15) is 0 Å². The number of nitrogens with two attached hydrogens (primary N) is 1. The van der Waals surface area contributed by atoms with Gasteiger partial charge in [0.05, 0.1) is 27.9 Å². The van der Waals surface area contributed by atoms with Crippen molar-refractivity contribution in [1.29, 1.82) is 0 Å². The number of fused-ring (bicyclic) bond motifs is 4. The summed E-state index contributed by atoms with van der Waals surface area (Å²) in [5.74, 6) is 0. The number of hydrogen-bond donors (Lipinski definition) is 1. The Labute approximate surface area is 222 Å². The molecule has 0 saturated carbocycles. The van der Waals surface area contributed by atoms with Crippen LogP contribution < -0.4 is 5.73 Å². The van der Waals surface area contributed by atoms with Gasteiger partial charge in [0.2, 0.25) is 0 Å². The molecule has 0 unspecified atom stereocenters. The van der Waals surface area contributed by atoms with Crippen LogP contribution in [0.3, 0.4) is 0 Å². The van der Waals surface area contributed by atoms with Gasteiger partial charge in [-0.3, -0.25) is 0 Å². The Kier molecular flexibility index (Phi) is 5.08. The van der Waals surface area contributed by atoms with Crippen LogP contribution in [-0.4, -0.2) is 9.55 Å². The van der Waals surface area contributed by atoms with Gasteiger partial charge in [-0.1, -0.05) is 88.7 Å². The molecule has 2 heterocycles. The van der Waals surface area contributed by atoms with Gasteiger partial charge in [-0.05, 0) is 59.7 Å². The average Bonchev–Trinajstić information content (AvgIpc) is 3.27. The minimum Gasteiger partial charge on any atom is -0.397 e. The van der Waals surface area contributed by atoms with Crippen molar-refractivity contribution in [3.05, 3.63) is 126 Å². The molecule has 0 atom stereocenters. The molecule has 4 heteroatoms. The molecule has 0 fully saturated rings. The molecule has 0 aliphatic rings. The fraction of sp³-hybridized carbons (Fsp3) is 0. The van der Waals surface area contributed by atoms with Crippen molar-refractivity contribution in [3.8, 4) is 28.1 Å². The fourth-order valence-corrected chi connectivity index (χ4v) is 5.64. The lowest BCUT2D eigenvalue weighted by molar-refractivity contribution is 1.18.